The zero-order valence-electron chi connectivity index (χ0n) is 23.4. The van der Waals surface area contributed by atoms with E-state index in [1.54, 1.807) is 12.4 Å². The summed E-state index contributed by atoms with van der Waals surface area (Å²) in [5.41, 5.74) is 8.00. The molecule has 4 N–H and O–H groups in total. The molecule has 0 bridgehead atoms. The fraction of sp³-hybridized carbons (Fsp3) is 0.500. The van der Waals surface area contributed by atoms with E-state index in [-0.39, 0.29) is 11.8 Å². The molecule has 3 atom stereocenters. The number of alkyl carbamates (subject to hydrolysis) is 1. The second kappa shape index (κ2) is 14.6. The van der Waals surface area contributed by atoms with Crippen molar-refractivity contribution in [2.75, 3.05) is 13.1 Å². The van der Waals surface area contributed by atoms with Crippen molar-refractivity contribution in [1.29, 1.82) is 0 Å². The average Bonchev–Trinajstić information content (AvgIpc) is 2.96. The number of nitrogens with zero attached hydrogens (tertiary/aromatic N) is 3. The van der Waals surface area contributed by atoms with Gasteiger partial charge >= 0.3 is 6.09 Å². The smallest absolute Gasteiger partial charge is 0.407 e. The van der Waals surface area contributed by atoms with Crippen molar-refractivity contribution < 1.29 is 19.4 Å². The first kappa shape index (κ1) is 29.2. The van der Waals surface area contributed by atoms with E-state index in [1.807, 2.05) is 37.3 Å². The number of aliphatic hydroxyl groups is 1. The zero-order chi connectivity index (χ0) is 28.3. The predicted molar refractivity (Wildman–Crippen MR) is 153 cm³/mol. The first-order valence-corrected chi connectivity index (χ1v) is 14.3. The number of hydrazone groups is 1. The van der Waals surface area contributed by atoms with Crippen LogP contribution in [0, 0.1) is 12.8 Å². The predicted octanol–water partition coefficient (Wildman–Crippen LogP) is 3.85. The van der Waals surface area contributed by atoms with Crippen molar-refractivity contribution in [1.82, 2.24) is 26.0 Å². The van der Waals surface area contributed by atoms with Crippen LogP contribution < -0.4 is 16.1 Å². The van der Waals surface area contributed by atoms with Crippen LogP contribution in [-0.4, -0.2) is 58.1 Å². The molecular weight excluding hydrogens is 508 g/mol. The van der Waals surface area contributed by atoms with Gasteiger partial charge < -0.3 is 20.5 Å². The van der Waals surface area contributed by atoms with Gasteiger partial charge in [-0.05, 0) is 69.2 Å². The Morgan fingerprint density at radius 2 is 1.85 bits per heavy atom. The van der Waals surface area contributed by atoms with Crippen LogP contribution in [0.15, 0.2) is 53.4 Å². The van der Waals surface area contributed by atoms with Crippen LogP contribution >= 0.6 is 0 Å². The maximum absolute atomic E-state index is 13.0. The highest BCUT2D eigenvalue weighted by atomic mass is 16.6. The number of aryl methyl sites for hydroxylation is 1. The Bertz CT molecular complexity index is 1200. The van der Waals surface area contributed by atoms with E-state index in [0.29, 0.717) is 63.0 Å². The van der Waals surface area contributed by atoms with Gasteiger partial charge in [-0.15, -0.1) is 0 Å². The SMILES string of the molecule is CCCCNC(=O)CCCNC(=O)O[C@H]1CC[C@H](O)CCC2C(c3ccc(C)cn3)=NNC(c3ccccn3)=C21. The minimum atomic E-state index is -0.613. The first-order chi connectivity index (χ1) is 19.5. The summed E-state index contributed by atoms with van der Waals surface area (Å²) in [7, 11) is 0. The van der Waals surface area contributed by atoms with Gasteiger partial charge in [0.2, 0.25) is 5.91 Å². The van der Waals surface area contributed by atoms with Gasteiger partial charge in [-0.3, -0.25) is 20.2 Å². The van der Waals surface area contributed by atoms with E-state index in [4.69, 9.17) is 9.84 Å². The minimum Gasteiger partial charge on any atom is -0.442 e. The number of pyridine rings is 2. The molecule has 1 saturated carbocycles. The lowest BCUT2D eigenvalue weighted by molar-refractivity contribution is -0.121. The summed E-state index contributed by atoms with van der Waals surface area (Å²) in [5.74, 6) is -0.247. The highest BCUT2D eigenvalue weighted by Crippen LogP contribution is 2.38. The molecular formula is C30H40N6O4. The number of rotatable bonds is 10. The molecule has 1 aliphatic carbocycles. The topological polar surface area (TPSA) is 138 Å². The van der Waals surface area contributed by atoms with Gasteiger partial charge in [0.1, 0.15) is 6.10 Å². The number of fused-ring (bicyclic) bond motifs is 1. The van der Waals surface area contributed by atoms with Crippen LogP contribution in [0.5, 0.6) is 0 Å². The average molecular weight is 549 g/mol. The number of hydrogen-bond acceptors (Lipinski definition) is 8. The number of amides is 2. The third-order valence-corrected chi connectivity index (χ3v) is 7.23. The van der Waals surface area contributed by atoms with E-state index in [0.717, 1.165) is 35.4 Å². The summed E-state index contributed by atoms with van der Waals surface area (Å²) in [6, 6.07) is 9.58. The fourth-order valence-electron chi connectivity index (χ4n) is 5.06. The summed E-state index contributed by atoms with van der Waals surface area (Å²) in [4.78, 5) is 34.1. The molecule has 2 aromatic rings. The first-order valence-electron chi connectivity index (χ1n) is 14.3. The maximum atomic E-state index is 13.0. The standard InChI is InChI=1S/C30H40N6O4/c1-3-4-16-32-26(38)9-7-18-33-30(39)40-25-15-12-21(37)11-13-22-27(25)29(23-8-5-6-17-31-23)36-35-28(22)24-14-10-20(2)19-34-24/h5-6,8,10,14,17,19,21-22,25,36-37H,3-4,7,9,11-13,15-16,18H2,1-2H3,(H,32,38)(H,33,39)/t21-,22?,25+/m1/s1. The molecule has 0 saturated heterocycles. The molecule has 1 fully saturated rings. The Hall–Kier alpha value is -3.79. The van der Waals surface area contributed by atoms with Crippen molar-refractivity contribution in [2.24, 2.45) is 11.0 Å². The number of hydrogen-bond donors (Lipinski definition) is 4. The summed E-state index contributed by atoms with van der Waals surface area (Å²) < 4.78 is 6.02. The number of carbonyl (C=O) groups is 2. The van der Waals surface area contributed by atoms with E-state index in [1.165, 1.54) is 0 Å². The monoisotopic (exact) mass is 548 g/mol. The summed E-state index contributed by atoms with van der Waals surface area (Å²) >= 11 is 0. The molecule has 10 nitrogen and oxygen atoms in total. The fourth-order valence-corrected chi connectivity index (χ4v) is 5.06. The second-order valence-corrected chi connectivity index (χ2v) is 10.4. The Morgan fingerprint density at radius 1 is 1.02 bits per heavy atom. The van der Waals surface area contributed by atoms with Gasteiger partial charge in [0.15, 0.2) is 0 Å². The lowest BCUT2D eigenvalue weighted by atomic mass is 9.78. The van der Waals surface area contributed by atoms with Gasteiger partial charge in [-0.1, -0.05) is 25.5 Å². The van der Waals surface area contributed by atoms with Crippen LogP contribution in [0.2, 0.25) is 0 Å². The molecule has 4 rings (SSSR count). The molecule has 10 heteroatoms. The third-order valence-electron chi connectivity index (χ3n) is 7.23. The van der Waals surface area contributed by atoms with Crippen LogP contribution in [0.25, 0.3) is 5.70 Å². The highest BCUT2D eigenvalue weighted by molar-refractivity contribution is 6.04. The summed E-state index contributed by atoms with van der Waals surface area (Å²) in [6.45, 7) is 5.05. The van der Waals surface area contributed by atoms with E-state index < -0.39 is 18.3 Å². The number of nitrogens with one attached hydrogen (secondary N) is 3. The van der Waals surface area contributed by atoms with Crippen LogP contribution in [0.4, 0.5) is 4.79 Å². The van der Waals surface area contributed by atoms with Crippen molar-refractivity contribution in [3.05, 3.63) is 65.2 Å². The summed E-state index contributed by atoms with van der Waals surface area (Å²) in [6.07, 6.45) is 6.82. The van der Waals surface area contributed by atoms with Crippen molar-refractivity contribution in [2.45, 2.75) is 77.4 Å². The molecule has 2 amide bonds. The van der Waals surface area contributed by atoms with Gasteiger partial charge in [0.05, 0.1) is 28.9 Å². The molecule has 1 aliphatic heterocycles. The Balaban J connectivity index is 1.54. The van der Waals surface area contributed by atoms with Crippen molar-refractivity contribution in [3.8, 4) is 0 Å². The highest BCUT2D eigenvalue weighted by Gasteiger charge is 2.38. The Kier molecular flexibility index (Phi) is 10.6. The molecule has 2 aliphatic rings. The normalized spacial score (nSPS) is 20.8. The second-order valence-electron chi connectivity index (χ2n) is 10.4. The van der Waals surface area contributed by atoms with Crippen LogP contribution in [0.1, 0.15) is 75.2 Å². The van der Waals surface area contributed by atoms with Crippen molar-refractivity contribution >= 4 is 23.4 Å². The lowest BCUT2D eigenvalue weighted by Crippen LogP contribution is -2.40. The van der Waals surface area contributed by atoms with Crippen molar-refractivity contribution in [3.63, 3.8) is 0 Å². The van der Waals surface area contributed by atoms with Gasteiger partial charge in [0, 0.05) is 43.4 Å². The Labute approximate surface area is 235 Å². The third kappa shape index (κ3) is 7.88. The molecule has 0 aromatic carbocycles. The van der Waals surface area contributed by atoms with E-state index in [9.17, 15) is 14.7 Å². The molecule has 214 valence electrons. The molecule has 0 radical (unpaired) electrons. The maximum Gasteiger partial charge on any atom is 0.407 e. The lowest BCUT2D eigenvalue weighted by Gasteiger charge is -2.36. The molecule has 1 unspecified atom stereocenters. The Morgan fingerprint density at radius 3 is 2.60 bits per heavy atom. The summed E-state index contributed by atoms with van der Waals surface area (Å²) in [5, 5.41) is 21.0. The van der Waals surface area contributed by atoms with Crippen LogP contribution in [0.3, 0.4) is 0 Å². The van der Waals surface area contributed by atoms with E-state index >= 15 is 0 Å². The molecule has 40 heavy (non-hydrogen) atoms. The molecule has 0 spiro atoms. The quantitative estimate of drug-likeness (QED) is 0.331. The number of aromatic nitrogens is 2. The number of aliphatic hydroxyl groups excluding tert-OH is 1. The number of ether oxygens (including phenoxy) is 1. The van der Waals surface area contributed by atoms with E-state index in [2.05, 4.69) is 33.0 Å². The largest absolute Gasteiger partial charge is 0.442 e. The molecule has 2 aromatic heterocycles. The van der Waals surface area contributed by atoms with Gasteiger partial charge in [-0.25, -0.2) is 4.79 Å². The zero-order valence-corrected chi connectivity index (χ0v) is 23.4. The van der Waals surface area contributed by atoms with Gasteiger partial charge in [0.25, 0.3) is 0 Å². The minimum absolute atomic E-state index is 0.0181. The molecule has 3 heterocycles. The number of unbranched alkanes of at least 4 members (excludes halogenated alkanes) is 1. The van der Waals surface area contributed by atoms with Gasteiger partial charge in [-0.2, -0.15) is 5.10 Å². The van der Waals surface area contributed by atoms with Crippen LogP contribution in [-0.2, 0) is 9.53 Å². The number of carbonyl (C=O) groups excluding carboxylic acids is 2.